The van der Waals surface area contributed by atoms with Gasteiger partial charge in [0.15, 0.2) is 4.77 Å². The van der Waals surface area contributed by atoms with Crippen LogP contribution >= 0.6 is 12.2 Å². The van der Waals surface area contributed by atoms with Crippen LogP contribution in [0.3, 0.4) is 0 Å². The topological polar surface area (TPSA) is 63.1 Å². The molecule has 2 aromatic rings. The Kier molecular flexibility index (Phi) is 5.53. The minimum absolute atomic E-state index is 0.174. The highest BCUT2D eigenvalue weighted by molar-refractivity contribution is 7.71. The first kappa shape index (κ1) is 17.7. The lowest BCUT2D eigenvalue weighted by Crippen LogP contribution is -2.40. The summed E-state index contributed by atoms with van der Waals surface area (Å²) < 4.78 is 8.14. The quantitative estimate of drug-likeness (QED) is 0.836. The lowest BCUT2D eigenvalue weighted by atomic mass is 9.97. The summed E-state index contributed by atoms with van der Waals surface area (Å²) >= 11 is 5.33. The fourth-order valence-electron chi connectivity index (χ4n) is 3.27. The van der Waals surface area contributed by atoms with E-state index in [-0.39, 0.29) is 18.1 Å². The van der Waals surface area contributed by atoms with Crippen molar-refractivity contribution in [3.63, 3.8) is 0 Å². The predicted octanol–water partition coefficient (Wildman–Crippen LogP) is 4.04. The Balaban J connectivity index is 1.65. The Labute approximate surface area is 152 Å². The molecule has 3 rings (SSSR count). The number of aromatic amines is 1. The van der Waals surface area contributed by atoms with E-state index < -0.39 is 0 Å². The van der Waals surface area contributed by atoms with Gasteiger partial charge in [0, 0.05) is 25.0 Å². The van der Waals surface area contributed by atoms with Crippen LogP contribution in [0.5, 0.6) is 0 Å². The molecule has 25 heavy (non-hydrogen) atoms. The smallest absolute Gasteiger partial charge is 0.410 e. The SMILES string of the molecule is CC(C)n1c(C2CCCN(C(=O)OCc3ccccc3)C2)n[nH]c1=S. The van der Waals surface area contributed by atoms with Crippen LogP contribution in [0.1, 0.15) is 50.0 Å². The highest BCUT2D eigenvalue weighted by atomic mass is 32.1. The van der Waals surface area contributed by atoms with Crippen molar-refractivity contribution < 1.29 is 9.53 Å². The zero-order valence-corrected chi connectivity index (χ0v) is 15.5. The number of carbonyl (C=O) groups is 1. The molecule has 6 nitrogen and oxygen atoms in total. The Morgan fingerprint density at radius 1 is 1.40 bits per heavy atom. The molecular weight excluding hydrogens is 336 g/mol. The molecule has 1 atom stereocenters. The zero-order valence-electron chi connectivity index (χ0n) is 14.6. The molecule has 1 fully saturated rings. The van der Waals surface area contributed by atoms with Gasteiger partial charge in [0.05, 0.1) is 0 Å². The maximum absolute atomic E-state index is 12.4. The van der Waals surface area contributed by atoms with Gasteiger partial charge in [-0.15, -0.1) is 0 Å². The van der Waals surface area contributed by atoms with Crippen molar-refractivity contribution in [2.75, 3.05) is 13.1 Å². The summed E-state index contributed by atoms with van der Waals surface area (Å²) in [4.78, 5) is 14.2. The number of ether oxygens (including phenoxy) is 1. The number of aromatic nitrogens is 3. The van der Waals surface area contributed by atoms with E-state index >= 15 is 0 Å². The number of likely N-dealkylation sites (tertiary alicyclic amines) is 1. The number of H-pyrrole nitrogens is 1. The molecule has 0 bridgehead atoms. The first-order valence-corrected chi connectivity index (χ1v) is 9.09. The first-order valence-electron chi connectivity index (χ1n) is 8.68. The van der Waals surface area contributed by atoms with Crippen LogP contribution in [0.15, 0.2) is 30.3 Å². The van der Waals surface area contributed by atoms with E-state index in [1.54, 1.807) is 4.90 Å². The molecular formula is C18H24N4O2S. The number of nitrogens with zero attached hydrogens (tertiary/aromatic N) is 3. The second-order valence-corrected chi connectivity index (χ2v) is 7.06. The molecule has 1 amide bonds. The highest BCUT2D eigenvalue weighted by Gasteiger charge is 2.29. The predicted molar refractivity (Wildman–Crippen MR) is 98.0 cm³/mol. The van der Waals surface area contributed by atoms with Crippen molar-refractivity contribution in [2.24, 2.45) is 0 Å². The first-order chi connectivity index (χ1) is 12.1. The van der Waals surface area contributed by atoms with E-state index in [9.17, 15) is 4.79 Å². The van der Waals surface area contributed by atoms with Gasteiger partial charge in [-0.1, -0.05) is 30.3 Å². The molecule has 0 saturated carbocycles. The van der Waals surface area contributed by atoms with Crippen molar-refractivity contribution >= 4 is 18.3 Å². The Morgan fingerprint density at radius 2 is 2.16 bits per heavy atom. The molecule has 1 aliphatic rings. The normalized spacial score (nSPS) is 17.7. The van der Waals surface area contributed by atoms with Crippen LogP contribution in [-0.4, -0.2) is 38.8 Å². The summed E-state index contributed by atoms with van der Waals surface area (Å²) in [5, 5.41) is 7.30. The lowest BCUT2D eigenvalue weighted by molar-refractivity contribution is 0.0849. The second-order valence-electron chi connectivity index (χ2n) is 6.68. The number of nitrogens with one attached hydrogen (secondary N) is 1. The molecule has 2 heterocycles. The van der Waals surface area contributed by atoms with Crippen LogP contribution in [0.25, 0.3) is 0 Å². The third-order valence-corrected chi connectivity index (χ3v) is 4.79. The van der Waals surface area contributed by atoms with Crippen molar-refractivity contribution in [1.29, 1.82) is 0 Å². The number of rotatable bonds is 4. The zero-order chi connectivity index (χ0) is 17.8. The van der Waals surface area contributed by atoms with Gasteiger partial charge in [-0.25, -0.2) is 4.79 Å². The molecule has 1 aliphatic heterocycles. The summed E-state index contributed by atoms with van der Waals surface area (Å²) in [5.74, 6) is 1.11. The molecule has 1 N–H and O–H groups in total. The number of amides is 1. The number of benzene rings is 1. The maximum atomic E-state index is 12.4. The summed E-state index contributed by atoms with van der Waals surface area (Å²) in [5.41, 5.74) is 0.991. The molecule has 134 valence electrons. The average molecular weight is 360 g/mol. The summed E-state index contributed by atoms with van der Waals surface area (Å²) in [6.45, 7) is 5.80. The van der Waals surface area contributed by atoms with Crippen LogP contribution in [0, 0.1) is 4.77 Å². The van der Waals surface area contributed by atoms with Crippen LogP contribution in [0.2, 0.25) is 0 Å². The van der Waals surface area contributed by atoms with Gasteiger partial charge >= 0.3 is 6.09 Å². The number of hydrogen-bond donors (Lipinski definition) is 1. The van der Waals surface area contributed by atoms with Gasteiger partial charge in [-0.3, -0.25) is 5.10 Å². The van der Waals surface area contributed by atoms with Crippen LogP contribution in [-0.2, 0) is 11.3 Å². The molecule has 1 unspecified atom stereocenters. The van der Waals surface area contributed by atoms with Gasteiger partial charge in [0.25, 0.3) is 0 Å². The Hall–Kier alpha value is -2.15. The van der Waals surface area contributed by atoms with Crippen LogP contribution < -0.4 is 0 Å². The van der Waals surface area contributed by atoms with E-state index in [1.165, 1.54) is 0 Å². The molecule has 1 aromatic heterocycles. The van der Waals surface area contributed by atoms with E-state index in [4.69, 9.17) is 17.0 Å². The van der Waals surface area contributed by atoms with Crippen molar-refractivity contribution in [3.05, 3.63) is 46.5 Å². The van der Waals surface area contributed by atoms with Gasteiger partial charge in [0.1, 0.15) is 12.4 Å². The third-order valence-electron chi connectivity index (χ3n) is 4.50. The Bertz CT molecular complexity index is 769. The molecule has 0 spiro atoms. The fourth-order valence-corrected chi connectivity index (χ4v) is 3.62. The summed E-state index contributed by atoms with van der Waals surface area (Å²) in [6, 6.07) is 9.96. The average Bonchev–Trinajstić information content (AvgIpc) is 3.02. The third kappa shape index (κ3) is 4.10. The number of piperidine rings is 1. The van der Waals surface area contributed by atoms with E-state index in [0.717, 1.165) is 30.8 Å². The Morgan fingerprint density at radius 3 is 2.88 bits per heavy atom. The van der Waals surface area contributed by atoms with Gasteiger partial charge in [-0.05, 0) is 44.5 Å². The molecule has 0 radical (unpaired) electrons. The largest absolute Gasteiger partial charge is 0.445 e. The monoisotopic (exact) mass is 360 g/mol. The molecule has 0 aliphatic carbocycles. The standard InChI is InChI=1S/C18H24N4O2S/c1-13(2)22-16(19-20-17(22)25)15-9-6-10-21(11-15)18(23)24-12-14-7-4-3-5-8-14/h3-5,7-8,13,15H,6,9-12H2,1-2H3,(H,20,25). The molecule has 1 saturated heterocycles. The summed E-state index contributed by atoms with van der Waals surface area (Å²) in [7, 11) is 0. The van der Waals surface area contributed by atoms with Gasteiger partial charge < -0.3 is 14.2 Å². The number of carbonyl (C=O) groups excluding carboxylic acids is 1. The minimum Gasteiger partial charge on any atom is -0.445 e. The van der Waals surface area contributed by atoms with Crippen LogP contribution in [0.4, 0.5) is 4.79 Å². The fraction of sp³-hybridized carbons (Fsp3) is 0.500. The molecule has 1 aromatic carbocycles. The second kappa shape index (κ2) is 7.82. The summed E-state index contributed by atoms with van der Waals surface area (Å²) in [6.07, 6.45) is 1.66. The minimum atomic E-state index is -0.265. The van der Waals surface area contributed by atoms with E-state index in [0.29, 0.717) is 17.9 Å². The van der Waals surface area contributed by atoms with Crippen molar-refractivity contribution in [1.82, 2.24) is 19.7 Å². The lowest BCUT2D eigenvalue weighted by Gasteiger charge is -2.32. The maximum Gasteiger partial charge on any atom is 0.410 e. The van der Waals surface area contributed by atoms with Gasteiger partial charge in [-0.2, -0.15) is 5.10 Å². The highest BCUT2D eigenvalue weighted by Crippen LogP contribution is 2.27. The van der Waals surface area contributed by atoms with E-state index in [2.05, 4.69) is 24.0 Å². The number of hydrogen-bond acceptors (Lipinski definition) is 4. The molecule has 7 heteroatoms. The van der Waals surface area contributed by atoms with Crippen molar-refractivity contribution in [2.45, 2.75) is 45.3 Å². The van der Waals surface area contributed by atoms with Gasteiger partial charge in [0.2, 0.25) is 0 Å². The van der Waals surface area contributed by atoms with Crippen molar-refractivity contribution in [3.8, 4) is 0 Å². The van der Waals surface area contributed by atoms with E-state index in [1.807, 2.05) is 34.9 Å².